The summed E-state index contributed by atoms with van der Waals surface area (Å²) in [6, 6.07) is 0. The number of hydrogen-bond donors (Lipinski definition) is 0. The summed E-state index contributed by atoms with van der Waals surface area (Å²) in [4.78, 5) is 37.9. The van der Waals surface area contributed by atoms with Crippen LogP contribution in [0.3, 0.4) is 0 Å². The van der Waals surface area contributed by atoms with E-state index >= 15 is 0 Å². The Morgan fingerprint density at radius 2 is 0.740 bits per heavy atom. The quantitative estimate of drug-likeness (QED) is 0.0195. The van der Waals surface area contributed by atoms with Crippen molar-refractivity contribution in [2.24, 2.45) is 0 Å². The summed E-state index contributed by atoms with van der Waals surface area (Å²) in [6.45, 7) is 4.28. The number of ether oxygens (including phenoxy) is 2. The van der Waals surface area contributed by atoms with Crippen LogP contribution < -0.4 is 4.89 Å². The van der Waals surface area contributed by atoms with E-state index in [1.807, 2.05) is 21.1 Å². The molecule has 0 fully saturated rings. The summed E-state index contributed by atoms with van der Waals surface area (Å²) in [7, 11) is 1.18. The van der Waals surface area contributed by atoms with E-state index in [4.69, 9.17) is 18.5 Å². The van der Waals surface area contributed by atoms with Crippen molar-refractivity contribution in [1.82, 2.24) is 0 Å². The van der Waals surface area contributed by atoms with Crippen molar-refractivity contribution in [3.8, 4) is 0 Å². The van der Waals surface area contributed by atoms with Crippen molar-refractivity contribution in [2.75, 3.05) is 47.5 Å². The highest BCUT2D eigenvalue weighted by Crippen LogP contribution is 2.38. The van der Waals surface area contributed by atoms with E-state index in [-0.39, 0.29) is 32.0 Å². The molecule has 2 atom stereocenters. The predicted octanol–water partition coefficient (Wildman–Crippen LogP) is 18.9. The summed E-state index contributed by atoms with van der Waals surface area (Å²) in [5.41, 5.74) is 0. The number of allylic oxidation sites excluding steroid dienone is 6. The molecule has 2 unspecified atom stereocenters. The lowest BCUT2D eigenvalue weighted by atomic mass is 10.0. The number of phosphoric acid groups is 1. The molecule has 0 N–H and O–H groups in total. The second-order valence-corrected chi connectivity index (χ2v) is 23.8. The van der Waals surface area contributed by atoms with Gasteiger partial charge >= 0.3 is 11.9 Å². The number of nitrogens with zero attached hydrogens (tertiary/aromatic N) is 1. The van der Waals surface area contributed by atoms with Gasteiger partial charge in [0.05, 0.1) is 27.7 Å². The topological polar surface area (TPSA) is 111 Å². The molecule has 0 radical (unpaired) electrons. The predicted molar refractivity (Wildman–Crippen MR) is 310 cm³/mol. The van der Waals surface area contributed by atoms with Gasteiger partial charge in [0.15, 0.2) is 6.10 Å². The summed E-state index contributed by atoms with van der Waals surface area (Å²) < 4.78 is 34.2. The average molecular weight is 1050 g/mol. The molecular formula is C63H120NO8P. The molecule has 0 amide bonds. The van der Waals surface area contributed by atoms with Gasteiger partial charge in [-0.05, 0) is 51.4 Å². The monoisotopic (exact) mass is 1050 g/mol. The summed E-state index contributed by atoms with van der Waals surface area (Å²) in [5, 5.41) is 0. The van der Waals surface area contributed by atoms with Crippen LogP contribution >= 0.6 is 7.82 Å². The number of unbranched alkanes of at least 4 members (excludes halogenated alkanes) is 38. The van der Waals surface area contributed by atoms with Crippen molar-refractivity contribution >= 4 is 19.8 Å². The number of rotatable bonds is 58. The van der Waals surface area contributed by atoms with E-state index in [9.17, 15) is 19.0 Å². The second-order valence-electron chi connectivity index (χ2n) is 22.4. The minimum atomic E-state index is -4.63. The van der Waals surface area contributed by atoms with Crippen molar-refractivity contribution in [3.05, 3.63) is 36.5 Å². The lowest BCUT2D eigenvalue weighted by molar-refractivity contribution is -0.870. The van der Waals surface area contributed by atoms with Crippen molar-refractivity contribution < 1.29 is 42.1 Å². The zero-order chi connectivity index (χ0) is 53.5. The molecule has 0 rings (SSSR count). The van der Waals surface area contributed by atoms with Crippen molar-refractivity contribution in [3.63, 3.8) is 0 Å². The fourth-order valence-corrected chi connectivity index (χ4v) is 9.81. The van der Waals surface area contributed by atoms with Gasteiger partial charge in [-0.2, -0.15) is 0 Å². The van der Waals surface area contributed by atoms with Crippen LogP contribution in [0.5, 0.6) is 0 Å². The molecule has 0 aliphatic carbocycles. The van der Waals surface area contributed by atoms with Crippen LogP contribution in [0.4, 0.5) is 0 Å². The highest BCUT2D eigenvalue weighted by atomic mass is 31.2. The molecule has 0 saturated heterocycles. The molecule has 10 heteroatoms. The van der Waals surface area contributed by atoms with Gasteiger partial charge in [-0.25, -0.2) is 0 Å². The van der Waals surface area contributed by atoms with Crippen LogP contribution in [0, 0.1) is 0 Å². The van der Waals surface area contributed by atoms with E-state index < -0.39 is 26.5 Å². The Hall–Kier alpha value is -1.77. The minimum Gasteiger partial charge on any atom is -0.756 e. The first-order valence-corrected chi connectivity index (χ1v) is 32.7. The average Bonchev–Trinajstić information content (AvgIpc) is 3.35. The Morgan fingerprint density at radius 1 is 0.425 bits per heavy atom. The molecule has 0 aromatic carbocycles. The number of likely N-dealkylation sites (N-methyl/N-ethyl adjacent to an activating group) is 1. The van der Waals surface area contributed by atoms with Crippen LogP contribution in [0.1, 0.15) is 303 Å². The number of esters is 2. The first-order valence-electron chi connectivity index (χ1n) is 31.2. The van der Waals surface area contributed by atoms with Crippen LogP contribution in [-0.4, -0.2) is 70.0 Å². The maximum Gasteiger partial charge on any atom is 0.306 e. The molecular weight excluding hydrogens is 930 g/mol. The first-order chi connectivity index (χ1) is 35.5. The molecule has 0 spiro atoms. The molecule has 0 aliphatic heterocycles. The standard InChI is InChI=1S/C63H120NO8P/c1-6-8-10-12-14-16-18-20-22-24-26-28-29-30-31-32-33-34-35-36-38-40-42-44-46-48-50-52-54-56-63(66)72-61(60-71-73(67,68)70-58-57-64(3,4)5)59-69-62(65)55-53-51-49-47-45-43-41-39-37-27-25-23-21-19-17-15-13-11-9-7-2/h18,20,24,26,29-30,61H,6-17,19,21-23,25,27-28,31-60H2,1-5H3/b20-18-,26-24-,30-29-. The normalized spacial score (nSPS) is 13.5. The van der Waals surface area contributed by atoms with Crippen LogP contribution in [0.2, 0.25) is 0 Å². The number of carbonyl (C=O) groups excluding carboxylic acids is 2. The van der Waals surface area contributed by atoms with Gasteiger partial charge in [-0.3, -0.25) is 14.2 Å². The summed E-state index contributed by atoms with van der Waals surface area (Å²) in [6.07, 6.45) is 67.7. The highest BCUT2D eigenvalue weighted by Gasteiger charge is 2.22. The molecule has 0 bridgehead atoms. The Labute approximate surface area is 452 Å². The van der Waals surface area contributed by atoms with Crippen molar-refractivity contribution in [2.45, 2.75) is 309 Å². The fraction of sp³-hybridized carbons (Fsp3) is 0.873. The van der Waals surface area contributed by atoms with Gasteiger partial charge in [0, 0.05) is 12.8 Å². The van der Waals surface area contributed by atoms with Crippen LogP contribution in [0.15, 0.2) is 36.5 Å². The fourth-order valence-electron chi connectivity index (χ4n) is 9.08. The molecule has 0 saturated carbocycles. The third kappa shape index (κ3) is 59.3. The third-order valence-corrected chi connectivity index (χ3v) is 14.9. The lowest BCUT2D eigenvalue weighted by Crippen LogP contribution is -2.37. The zero-order valence-electron chi connectivity index (χ0n) is 48.9. The molecule has 9 nitrogen and oxygen atoms in total. The smallest absolute Gasteiger partial charge is 0.306 e. The van der Waals surface area contributed by atoms with Gasteiger partial charge in [-0.15, -0.1) is 0 Å². The van der Waals surface area contributed by atoms with Gasteiger partial charge in [0.25, 0.3) is 7.82 Å². The SMILES string of the molecule is CCCCCCC/C=C\C/C=C\C/C=C\CCCCCCCCCCCCCCCCC(=O)OC(COC(=O)CCCCCCCCCCCCCCCCCCCCCC)COP(=O)([O-])OCC[N+](C)(C)C. The van der Waals surface area contributed by atoms with Gasteiger partial charge in [0.1, 0.15) is 19.8 Å². The Bertz CT molecular complexity index is 1330. The van der Waals surface area contributed by atoms with E-state index in [2.05, 4.69) is 50.3 Å². The molecule has 0 aliphatic rings. The van der Waals surface area contributed by atoms with Crippen LogP contribution in [0.25, 0.3) is 0 Å². The van der Waals surface area contributed by atoms with Gasteiger partial charge in [0.2, 0.25) is 0 Å². The largest absolute Gasteiger partial charge is 0.756 e. The van der Waals surface area contributed by atoms with E-state index in [0.29, 0.717) is 17.4 Å². The third-order valence-electron chi connectivity index (χ3n) is 13.9. The maximum absolute atomic E-state index is 12.8. The maximum atomic E-state index is 12.8. The molecule has 0 aromatic heterocycles. The zero-order valence-corrected chi connectivity index (χ0v) is 49.7. The Balaban J connectivity index is 4.08. The highest BCUT2D eigenvalue weighted by molar-refractivity contribution is 7.45. The molecule has 430 valence electrons. The van der Waals surface area contributed by atoms with Crippen molar-refractivity contribution in [1.29, 1.82) is 0 Å². The lowest BCUT2D eigenvalue weighted by Gasteiger charge is -2.28. The number of hydrogen-bond acceptors (Lipinski definition) is 8. The summed E-state index contributed by atoms with van der Waals surface area (Å²) in [5.74, 6) is -0.817. The van der Waals surface area contributed by atoms with E-state index in [1.54, 1.807) is 0 Å². The minimum absolute atomic E-state index is 0.0287. The Morgan fingerprint density at radius 3 is 1.10 bits per heavy atom. The van der Waals surface area contributed by atoms with Gasteiger partial charge < -0.3 is 27.9 Å². The Kier molecular flexibility index (Phi) is 53.7. The second kappa shape index (κ2) is 55.0. The van der Waals surface area contributed by atoms with Gasteiger partial charge in [-0.1, -0.05) is 275 Å². The van der Waals surface area contributed by atoms with E-state index in [1.165, 1.54) is 218 Å². The van der Waals surface area contributed by atoms with Crippen LogP contribution in [-0.2, 0) is 32.7 Å². The molecule has 73 heavy (non-hydrogen) atoms. The summed E-state index contributed by atoms with van der Waals surface area (Å²) >= 11 is 0. The number of quaternary nitrogens is 1. The number of phosphoric ester groups is 1. The first kappa shape index (κ1) is 71.2. The number of carbonyl (C=O) groups is 2. The molecule has 0 aromatic rings. The molecule has 0 heterocycles. The van der Waals surface area contributed by atoms with E-state index in [0.717, 1.165) is 51.4 Å².